The summed E-state index contributed by atoms with van der Waals surface area (Å²) in [5.74, 6) is 0.628. The molecular formula is C12H16ClN3O2. The third kappa shape index (κ3) is 2.52. The summed E-state index contributed by atoms with van der Waals surface area (Å²) in [4.78, 5) is 13.4. The van der Waals surface area contributed by atoms with Crippen LogP contribution >= 0.6 is 11.6 Å². The Morgan fingerprint density at radius 3 is 3.00 bits per heavy atom. The number of amides is 2. The topological polar surface area (TPSA) is 67.6 Å². The fourth-order valence-corrected chi connectivity index (χ4v) is 2.29. The molecule has 0 radical (unpaired) electrons. The molecule has 1 aromatic carbocycles. The van der Waals surface area contributed by atoms with Gasteiger partial charge in [0.2, 0.25) is 0 Å². The molecule has 3 N–H and O–H groups in total. The van der Waals surface area contributed by atoms with Gasteiger partial charge in [-0.1, -0.05) is 17.7 Å². The molecule has 5 nitrogen and oxygen atoms in total. The van der Waals surface area contributed by atoms with Crippen molar-refractivity contribution in [3.05, 3.63) is 28.8 Å². The van der Waals surface area contributed by atoms with Crippen molar-refractivity contribution in [3.63, 3.8) is 0 Å². The number of methoxy groups -OCH3 is 1. The van der Waals surface area contributed by atoms with Crippen LogP contribution in [-0.4, -0.2) is 37.7 Å². The summed E-state index contributed by atoms with van der Waals surface area (Å²) in [5, 5.41) is 3.44. The molecule has 1 fully saturated rings. The molecule has 1 unspecified atom stereocenters. The standard InChI is InChI=1S/C12H16ClN3O2/c1-18-11-3-2-8(6-9(11)13)10-7-16(5-4-14)12(17)15-10/h2-3,6,10H,4-5,7,14H2,1H3,(H,15,17). The molecule has 0 saturated carbocycles. The number of hydrogen-bond acceptors (Lipinski definition) is 3. The molecule has 98 valence electrons. The lowest BCUT2D eigenvalue weighted by molar-refractivity contribution is 0.218. The maximum atomic E-state index is 11.7. The number of halogens is 1. The number of benzene rings is 1. The number of nitrogens with one attached hydrogen (secondary N) is 1. The zero-order valence-electron chi connectivity index (χ0n) is 10.1. The normalized spacial score (nSPS) is 18.9. The summed E-state index contributed by atoms with van der Waals surface area (Å²) < 4.78 is 5.10. The quantitative estimate of drug-likeness (QED) is 0.868. The largest absolute Gasteiger partial charge is 0.495 e. The molecular weight excluding hydrogens is 254 g/mol. The zero-order chi connectivity index (χ0) is 13.1. The first-order valence-corrected chi connectivity index (χ1v) is 6.12. The molecule has 0 aromatic heterocycles. The lowest BCUT2D eigenvalue weighted by Crippen LogP contribution is -2.32. The third-order valence-electron chi connectivity index (χ3n) is 2.97. The van der Waals surface area contributed by atoms with Gasteiger partial charge in [-0.2, -0.15) is 0 Å². The van der Waals surface area contributed by atoms with Crippen LogP contribution < -0.4 is 15.8 Å². The molecule has 0 spiro atoms. The number of nitrogens with zero attached hydrogens (tertiary/aromatic N) is 1. The first-order chi connectivity index (χ1) is 8.65. The second kappa shape index (κ2) is 5.46. The Bertz CT molecular complexity index is 453. The van der Waals surface area contributed by atoms with Crippen molar-refractivity contribution >= 4 is 17.6 Å². The van der Waals surface area contributed by atoms with Gasteiger partial charge in [0.05, 0.1) is 18.2 Å². The van der Waals surface area contributed by atoms with E-state index in [1.54, 1.807) is 18.1 Å². The van der Waals surface area contributed by atoms with Gasteiger partial charge in [-0.3, -0.25) is 0 Å². The van der Waals surface area contributed by atoms with Gasteiger partial charge in [0, 0.05) is 19.6 Å². The van der Waals surface area contributed by atoms with Crippen LogP contribution in [0.2, 0.25) is 5.02 Å². The predicted octanol–water partition coefficient (Wildman–Crippen LogP) is 1.37. The molecule has 1 heterocycles. The van der Waals surface area contributed by atoms with Crippen LogP contribution in [0.25, 0.3) is 0 Å². The SMILES string of the molecule is COc1ccc(C2CN(CCN)C(=O)N2)cc1Cl. The van der Waals surface area contributed by atoms with E-state index in [0.29, 0.717) is 30.4 Å². The number of rotatable bonds is 4. The van der Waals surface area contributed by atoms with Gasteiger partial charge in [-0.25, -0.2) is 4.79 Å². The summed E-state index contributed by atoms with van der Waals surface area (Å²) in [6, 6.07) is 5.39. The average Bonchev–Trinajstić information content (AvgIpc) is 2.71. The molecule has 1 aromatic rings. The second-order valence-corrected chi connectivity index (χ2v) is 4.54. The highest BCUT2D eigenvalue weighted by Crippen LogP contribution is 2.29. The smallest absolute Gasteiger partial charge is 0.318 e. The molecule has 0 bridgehead atoms. The van der Waals surface area contributed by atoms with Crippen molar-refractivity contribution in [1.29, 1.82) is 0 Å². The molecule has 6 heteroatoms. The van der Waals surface area contributed by atoms with Crippen LogP contribution in [0.5, 0.6) is 5.75 Å². The van der Waals surface area contributed by atoms with Gasteiger partial charge in [-0.15, -0.1) is 0 Å². The fourth-order valence-electron chi connectivity index (χ4n) is 2.03. The van der Waals surface area contributed by atoms with Crippen molar-refractivity contribution in [1.82, 2.24) is 10.2 Å². The molecule has 2 rings (SSSR count). The van der Waals surface area contributed by atoms with E-state index in [1.165, 1.54) is 0 Å². The number of carbonyl (C=O) groups excluding carboxylic acids is 1. The number of hydrogen-bond donors (Lipinski definition) is 2. The summed E-state index contributed by atoms with van der Waals surface area (Å²) in [5.41, 5.74) is 6.42. The van der Waals surface area contributed by atoms with Crippen LogP contribution in [-0.2, 0) is 0 Å². The Labute approximate surface area is 111 Å². The first-order valence-electron chi connectivity index (χ1n) is 5.74. The fraction of sp³-hybridized carbons (Fsp3) is 0.417. The van der Waals surface area contributed by atoms with Gasteiger partial charge in [0.1, 0.15) is 5.75 Å². The van der Waals surface area contributed by atoms with E-state index in [9.17, 15) is 4.79 Å². The lowest BCUT2D eigenvalue weighted by Gasteiger charge is -2.13. The molecule has 1 aliphatic heterocycles. The summed E-state index contributed by atoms with van der Waals surface area (Å²) in [7, 11) is 1.57. The Balaban J connectivity index is 2.13. The summed E-state index contributed by atoms with van der Waals surface area (Å²) in [6.45, 7) is 1.63. The van der Waals surface area contributed by atoms with E-state index < -0.39 is 0 Å². The molecule has 2 amide bonds. The Kier molecular flexibility index (Phi) is 3.93. The highest BCUT2D eigenvalue weighted by molar-refractivity contribution is 6.32. The van der Waals surface area contributed by atoms with Gasteiger partial charge >= 0.3 is 6.03 Å². The van der Waals surface area contributed by atoms with Crippen LogP contribution in [0.1, 0.15) is 11.6 Å². The average molecular weight is 270 g/mol. The van der Waals surface area contributed by atoms with Crippen LogP contribution in [0.15, 0.2) is 18.2 Å². The van der Waals surface area contributed by atoms with Crippen LogP contribution in [0.3, 0.4) is 0 Å². The summed E-state index contributed by atoms with van der Waals surface area (Å²) >= 11 is 6.07. The van der Waals surface area contributed by atoms with E-state index >= 15 is 0 Å². The lowest BCUT2D eigenvalue weighted by atomic mass is 10.1. The molecule has 18 heavy (non-hydrogen) atoms. The third-order valence-corrected chi connectivity index (χ3v) is 3.26. The van der Waals surface area contributed by atoms with E-state index in [1.807, 2.05) is 12.1 Å². The maximum Gasteiger partial charge on any atom is 0.318 e. The van der Waals surface area contributed by atoms with Gasteiger partial charge < -0.3 is 20.7 Å². The molecule has 1 saturated heterocycles. The summed E-state index contributed by atoms with van der Waals surface area (Å²) in [6.07, 6.45) is 0. The highest BCUT2D eigenvalue weighted by Gasteiger charge is 2.29. The minimum atomic E-state index is -0.0857. The van der Waals surface area contributed by atoms with E-state index in [-0.39, 0.29) is 12.1 Å². The zero-order valence-corrected chi connectivity index (χ0v) is 10.9. The van der Waals surface area contributed by atoms with Gasteiger partial charge in [0.15, 0.2) is 0 Å². The second-order valence-electron chi connectivity index (χ2n) is 4.13. The predicted molar refractivity (Wildman–Crippen MR) is 69.9 cm³/mol. The van der Waals surface area contributed by atoms with Crippen LogP contribution in [0.4, 0.5) is 4.79 Å². The number of nitrogens with two attached hydrogens (primary N) is 1. The Hall–Kier alpha value is -1.46. The monoisotopic (exact) mass is 269 g/mol. The Morgan fingerprint density at radius 2 is 2.39 bits per heavy atom. The molecule has 1 atom stereocenters. The number of ether oxygens (including phenoxy) is 1. The van der Waals surface area contributed by atoms with Crippen LogP contribution in [0, 0.1) is 0 Å². The van der Waals surface area contributed by atoms with Gasteiger partial charge in [-0.05, 0) is 17.7 Å². The van der Waals surface area contributed by atoms with Crippen molar-refractivity contribution in [3.8, 4) is 5.75 Å². The van der Waals surface area contributed by atoms with Crippen molar-refractivity contribution < 1.29 is 9.53 Å². The minimum absolute atomic E-state index is 0.0487. The highest BCUT2D eigenvalue weighted by atomic mass is 35.5. The Morgan fingerprint density at radius 1 is 1.61 bits per heavy atom. The first kappa shape index (κ1) is 13.0. The van der Waals surface area contributed by atoms with E-state index in [0.717, 1.165) is 5.56 Å². The van der Waals surface area contributed by atoms with Gasteiger partial charge in [0.25, 0.3) is 0 Å². The van der Waals surface area contributed by atoms with Crippen molar-refractivity contribution in [2.24, 2.45) is 5.73 Å². The number of urea groups is 1. The molecule has 0 aliphatic carbocycles. The van der Waals surface area contributed by atoms with Crippen molar-refractivity contribution in [2.75, 3.05) is 26.7 Å². The number of carbonyl (C=O) groups is 1. The van der Waals surface area contributed by atoms with E-state index in [4.69, 9.17) is 22.1 Å². The minimum Gasteiger partial charge on any atom is -0.495 e. The van der Waals surface area contributed by atoms with E-state index in [2.05, 4.69) is 5.32 Å². The van der Waals surface area contributed by atoms with Crippen molar-refractivity contribution in [2.45, 2.75) is 6.04 Å². The maximum absolute atomic E-state index is 11.7. The molecule has 1 aliphatic rings.